The van der Waals surface area contributed by atoms with Crippen LogP contribution in [0.5, 0.6) is 5.75 Å². The second kappa shape index (κ2) is 9.64. The van der Waals surface area contributed by atoms with E-state index < -0.39 is 11.9 Å². The van der Waals surface area contributed by atoms with Crippen molar-refractivity contribution in [3.63, 3.8) is 0 Å². The van der Waals surface area contributed by atoms with Crippen LogP contribution in [-0.4, -0.2) is 22.8 Å². The van der Waals surface area contributed by atoms with E-state index in [0.717, 1.165) is 82.7 Å². The van der Waals surface area contributed by atoms with Crippen LogP contribution in [0, 0.1) is 11.3 Å². The maximum Gasteiger partial charge on any atom is 0.310 e. The summed E-state index contributed by atoms with van der Waals surface area (Å²) in [4.78, 5) is 11.4. The van der Waals surface area contributed by atoms with Crippen molar-refractivity contribution >= 4 is 22.5 Å². The number of allylic oxidation sites excluding steroid dienone is 3. The zero-order valence-electron chi connectivity index (χ0n) is 21.6. The Balaban J connectivity index is 1.30. The van der Waals surface area contributed by atoms with Crippen LogP contribution in [0.4, 0.5) is 0 Å². The highest BCUT2D eigenvalue weighted by atomic mass is 16.5. The topological polar surface area (TPSA) is 85.7 Å². The van der Waals surface area contributed by atoms with E-state index in [2.05, 4.69) is 45.0 Å². The first-order valence-electron chi connectivity index (χ1n) is 13.0. The molecule has 0 bridgehead atoms. The monoisotopic (exact) mass is 489 g/mol. The van der Waals surface area contributed by atoms with Crippen LogP contribution in [-0.2, 0) is 30.5 Å². The Morgan fingerprint density at radius 1 is 1.22 bits per heavy atom. The van der Waals surface area contributed by atoms with Gasteiger partial charge in [0.2, 0.25) is 0 Å². The molecule has 1 aromatic carbocycles. The fraction of sp³-hybridized carbons (Fsp3) is 0.467. The minimum absolute atomic E-state index is 0.133. The van der Waals surface area contributed by atoms with Gasteiger partial charge in [-0.05, 0) is 54.9 Å². The lowest BCUT2D eigenvalue weighted by molar-refractivity contribution is -0.140. The van der Waals surface area contributed by atoms with Gasteiger partial charge in [-0.15, -0.1) is 0 Å². The van der Waals surface area contributed by atoms with Crippen molar-refractivity contribution in [3.05, 3.63) is 64.3 Å². The number of hydrogen-bond donors (Lipinski definition) is 1. The molecule has 1 N–H and O–H groups in total. The summed E-state index contributed by atoms with van der Waals surface area (Å²) in [5.74, 6) is 1.55. The highest BCUT2D eigenvalue weighted by Gasteiger charge is 2.28. The molecule has 2 aromatic heterocycles. The van der Waals surface area contributed by atoms with Crippen LogP contribution in [0.15, 0.2) is 44.9 Å². The molecule has 2 heterocycles. The number of fused-ring (bicyclic) bond motifs is 3. The van der Waals surface area contributed by atoms with Gasteiger partial charge in [-0.3, -0.25) is 4.79 Å². The number of furan rings is 1. The van der Waals surface area contributed by atoms with Crippen molar-refractivity contribution in [1.82, 2.24) is 5.16 Å². The number of aryl methyl sites for hydroxylation is 2. The van der Waals surface area contributed by atoms with Gasteiger partial charge < -0.3 is 18.8 Å². The van der Waals surface area contributed by atoms with Crippen molar-refractivity contribution in [3.8, 4) is 5.75 Å². The summed E-state index contributed by atoms with van der Waals surface area (Å²) in [5, 5.41) is 14.8. The number of nitrogens with zero attached hydrogens (tertiary/aromatic N) is 1. The van der Waals surface area contributed by atoms with Gasteiger partial charge in [-0.25, -0.2) is 0 Å². The molecule has 2 aliphatic carbocycles. The number of ether oxygens (including phenoxy) is 1. The van der Waals surface area contributed by atoms with E-state index in [-0.39, 0.29) is 5.41 Å². The number of benzene rings is 1. The zero-order chi connectivity index (χ0) is 25.4. The van der Waals surface area contributed by atoms with Gasteiger partial charge in [0, 0.05) is 29.4 Å². The molecule has 3 aromatic rings. The third-order valence-corrected chi connectivity index (χ3v) is 7.04. The largest absolute Gasteiger partial charge is 0.493 e. The number of rotatable bonds is 8. The van der Waals surface area contributed by atoms with Gasteiger partial charge in [0.1, 0.15) is 17.3 Å². The van der Waals surface area contributed by atoms with Crippen molar-refractivity contribution in [2.24, 2.45) is 11.3 Å². The number of carbonyl (C=O) groups is 1. The van der Waals surface area contributed by atoms with E-state index in [0.29, 0.717) is 19.4 Å². The normalized spacial score (nSPS) is 17.4. The minimum atomic E-state index is -0.759. The summed E-state index contributed by atoms with van der Waals surface area (Å²) in [5.41, 5.74) is 6.51. The van der Waals surface area contributed by atoms with Crippen molar-refractivity contribution in [2.75, 3.05) is 6.61 Å². The zero-order valence-corrected chi connectivity index (χ0v) is 21.6. The van der Waals surface area contributed by atoms with Crippen LogP contribution >= 0.6 is 0 Å². The predicted molar refractivity (Wildman–Crippen MR) is 139 cm³/mol. The molecular weight excluding hydrogens is 454 g/mol. The van der Waals surface area contributed by atoms with Gasteiger partial charge in [-0.2, -0.15) is 0 Å². The third kappa shape index (κ3) is 4.86. The molecule has 190 valence electrons. The SMILES string of the molecule is CCCc1c(OCCc2cc3c(o2)CCC2=C3C=CC(C(=O)O)C2)ccc2c(CC(C)(C)C)noc12. The lowest BCUT2D eigenvalue weighted by atomic mass is 9.81. The molecule has 0 saturated carbocycles. The molecule has 0 spiro atoms. The van der Waals surface area contributed by atoms with Gasteiger partial charge >= 0.3 is 5.97 Å². The maximum atomic E-state index is 11.4. The van der Waals surface area contributed by atoms with Crippen LogP contribution in [0.2, 0.25) is 0 Å². The lowest BCUT2D eigenvalue weighted by Gasteiger charge is -2.23. The van der Waals surface area contributed by atoms with Crippen molar-refractivity contribution < 1.29 is 23.6 Å². The van der Waals surface area contributed by atoms with Crippen LogP contribution in [0.25, 0.3) is 16.5 Å². The fourth-order valence-corrected chi connectivity index (χ4v) is 5.35. The molecule has 0 radical (unpaired) electrons. The molecule has 0 fully saturated rings. The first kappa shape index (κ1) is 24.4. The Hall–Kier alpha value is -3.28. The number of carboxylic acids is 1. The van der Waals surface area contributed by atoms with E-state index in [9.17, 15) is 9.90 Å². The Morgan fingerprint density at radius 2 is 2.06 bits per heavy atom. The number of carboxylic acid groups (broad SMARTS) is 1. The molecule has 0 saturated heterocycles. The second-order valence-electron chi connectivity index (χ2n) is 11.2. The van der Waals surface area contributed by atoms with Gasteiger partial charge in [-0.1, -0.05) is 57.0 Å². The van der Waals surface area contributed by atoms with E-state index in [1.165, 1.54) is 5.57 Å². The van der Waals surface area contributed by atoms with Crippen LogP contribution in [0.1, 0.15) is 75.3 Å². The maximum absolute atomic E-state index is 11.4. The smallest absolute Gasteiger partial charge is 0.310 e. The Kier molecular flexibility index (Phi) is 6.54. The Morgan fingerprint density at radius 3 is 2.81 bits per heavy atom. The summed E-state index contributed by atoms with van der Waals surface area (Å²) in [6.45, 7) is 9.28. The summed E-state index contributed by atoms with van der Waals surface area (Å²) >= 11 is 0. The average Bonchev–Trinajstić information content (AvgIpc) is 3.43. The molecule has 2 aliphatic rings. The van der Waals surface area contributed by atoms with E-state index in [1.54, 1.807) is 6.08 Å². The standard InChI is InChI=1S/C30H35NO5/c1-5-6-23-26(12-10-22-25(17-30(2,3)4)31-36-28(22)23)34-14-13-20-16-24-21-9-7-19(29(32)33)15-18(21)8-11-27(24)35-20/h7,9-10,12,16,19H,5-6,8,11,13-15,17H2,1-4H3,(H,32,33). The second-order valence-corrected chi connectivity index (χ2v) is 11.2. The molecule has 0 aliphatic heterocycles. The summed E-state index contributed by atoms with van der Waals surface area (Å²) in [6, 6.07) is 6.22. The molecule has 1 unspecified atom stereocenters. The average molecular weight is 490 g/mol. The van der Waals surface area contributed by atoms with Gasteiger partial charge in [0.05, 0.1) is 18.2 Å². The Labute approximate surface area is 212 Å². The quantitative estimate of drug-likeness (QED) is 0.369. The van der Waals surface area contributed by atoms with Crippen LogP contribution in [0.3, 0.4) is 0 Å². The molecule has 36 heavy (non-hydrogen) atoms. The fourth-order valence-electron chi connectivity index (χ4n) is 5.35. The molecule has 5 rings (SSSR count). The molecule has 1 atom stereocenters. The van der Waals surface area contributed by atoms with E-state index >= 15 is 0 Å². The van der Waals surface area contributed by atoms with E-state index in [1.807, 2.05) is 12.1 Å². The summed E-state index contributed by atoms with van der Waals surface area (Å²) in [6.07, 6.45) is 9.40. The molecule has 0 amide bonds. The van der Waals surface area contributed by atoms with Crippen LogP contribution < -0.4 is 4.74 Å². The first-order chi connectivity index (χ1) is 17.2. The predicted octanol–water partition coefficient (Wildman–Crippen LogP) is 6.94. The highest BCUT2D eigenvalue weighted by molar-refractivity contribution is 5.85. The number of aromatic nitrogens is 1. The van der Waals surface area contributed by atoms with Gasteiger partial charge in [0.15, 0.2) is 5.58 Å². The third-order valence-electron chi connectivity index (χ3n) is 7.04. The first-order valence-corrected chi connectivity index (χ1v) is 13.0. The lowest BCUT2D eigenvalue weighted by Crippen LogP contribution is -2.17. The van der Waals surface area contributed by atoms with Gasteiger partial charge in [0.25, 0.3) is 0 Å². The molecular formula is C30H35NO5. The minimum Gasteiger partial charge on any atom is -0.493 e. The number of hydrogen-bond acceptors (Lipinski definition) is 5. The Bertz CT molecular complexity index is 1350. The van der Waals surface area contributed by atoms with E-state index in [4.69, 9.17) is 13.7 Å². The summed E-state index contributed by atoms with van der Waals surface area (Å²) < 4.78 is 18.2. The van der Waals surface area contributed by atoms with Crippen molar-refractivity contribution in [2.45, 2.75) is 72.6 Å². The highest BCUT2D eigenvalue weighted by Crippen LogP contribution is 2.40. The molecule has 6 heteroatoms. The van der Waals surface area contributed by atoms with Crippen molar-refractivity contribution in [1.29, 1.82) is 0 Å². The number of aliphatic carboxylic acids is 1. The molecule has 6 nitrogen and oxygen atoms in total. The summed E-state index contributed by atoms with van der Waals surface area (Å²) in [7, 11) is 0.